The Bertz CT molecular complexity index is 2550. The molecule has 0 bridgehead atoms. The number of para-hydroxylation sites is 1. The Hall–Kier alpha value is -6.39. The Morgan fingerprint density at radius 3 is 1.60 bits per heavy atom. The van der Waals surface area contributed by atoms with Crippen LogP contribution in [0.1, 0.15) is 0 Å². The molecular formula is C43H27N3O. The maximum Gasteiger partial charge on any atom is 0.164 e. The Morgan fingerprint density at radius 1 is 0.319 bits per heavy atom. The Morgan fingerprint density at radius 2 is 0.830 bits per heavy atom. The highest BCUT2D eigenvalue weighted by atomic mass is 16.3. The fourth-order valence-electron chi connectivity index (χ4n) is 6.32. The van der Waals surface area contributed by atoms with Crippen molar-refractivity contribution in [3.8, 4) is 56.4 Å². The molecule has 0 unspecified atom stereocenters. The zero-order valence-corrected chi connectivity index (χ0v) is 25.3. The second-order valence-electron chi connectivity index (χ2n) is 11.7. The molecule has 47 heavy (non-hydrogen) atoms. The van der Waals surface area contributed by atoms with Gasteiger partial charge < -0.3 is 4.42 Å². The van der Waals surface area contributed by atoms with E-state index in [2.05, 4.69) is 115 Å². The van der Waals surface area contributed by atoms with Crippen LogP contribution in [0.3, 0.4) is 0 Å². The first-order valence-corrected chi connectivity index (χ1v) is 15.7. The maximum atomic E-state index is 6.27. The van der Waals surface area contributed by atoms with Gasteiger partial charge in [0, 0.05) is 32.8 Å². The third kappa shape index (κ3) is 4.93. The third-order valence-electron chi connectivity index (χ3n) is 8.73. The minimum atomic E-state index is 0.635. The summed E-state index contributed by atoms with van der Waals surface area (Å²) >= 11 is 0. The average molecular weight is 602 g/mol. The van der Waals surface area contributed by atoms with E-state index in [0.29, 0.717) is 17.5 Å². The van der Waals surface area contributed by atoms with Gasteiger partial charge in [0.05, 0.1) is 0 Å². The molecule has 4 nitrogen and oxygen atoms in total. The van der Waals surface area contributed by atoms with Gasteiger partial charge in [0.25, 0.3) is 0 Å². The number of nitrogens with zero attached hydrogens (tertiary/aromatic N) is 3. The molecule has 2 aromatic heterocycles. The van der Waals surface area contributed by atoms with Crippen LogP contribution in [0.15, 0.2) is 168 Å². The lowest BCUT2D eigenvalue weighted by Crippen LogP contribution is -2.00. The summed E-state index contributed by atoms with van der Waals surface area (Å²) in [5.74, 6) is 1.92. The quantitative estimate of drug-likeness (QED) is 0.197. The lowest BCUT2D eigenvalue weighted by molar-refractivity contribution is 0.672. The molecule has 4 heteroatoms. The molecule has 9 aromatic rings. The molecule has 0 N–H and O–H groups in total. The SMILES string of the molecule is c1ccc(-c2cccc(-c3nc(-c4ccccc4)nc(-c4ccc(-c5ccc6c(ccc7c8ccccc8oc67)c5)cc4)n3)c2)cc1. The lowest BCUT2D eigenvalue weighted by atomic mass is 9.99. The summed E-state index contributed by atoms with van der Waals surface area (Å²) in [7, 11) is 0. The number of rotatable bonds is 5. The molecule has 0 radical (unpaired) electrons. The molecule has 0 amide bonds. The van der Waals surface area contributed by atoms with Crippen molar-refractivity contribution in [2.24, 2.45) is 0 Å². The molecule has 7 aromatic carbocycles. The van der Waals surface area contributed by atoms with E-state index in [9.17, 15) is 0 Å². The monoisotopic (exact) mass is 601 g/mol. The first-order chi connectivity index (χ1) is 23.3. The fraction of sp³-hybridized carbons (Fsp3) is 0. The van der Waals surface area contributed by atoms with Crippen LogP contribution < -0.4 is 0 Å². The van der Waals surface area contributed by atoms with Gasteiger partial charge >= 0.3 is 0 Å². The molecule has 9 rings (SSSR count). The Labute approximate surface area is 271 Å². The second kappa shape index (κ2) is 11.2. The van der Waals surface area contributed by atoms with Gasteiger partial charge in [-0.2, -0.15) is 0 Å². The molecule has 0 fully saturated rings. The summed E-state index contributed by atoms with van der Waals surface area (Å²) in [5, 5.41) is 4.54. The van der Waals surface area contributed by atoms with Gasteiger partial charge in [0.2, 0.25) is 0 Å². The van der Waals surface area contributed by atoms with Crippen molar-refractivity contribution in [1.82, 2.24) is 15.0 Å². The molecule has 0 saturated carbocycles. The van der Waals surface area contributed by atoms with Gasteiger partial charge in [-0.15, -0.1) is 0 Å². The molecule has 0 atom stereocenters. The molecule has 2 heterocycles. The van der Waals surface area contributed by atoms with E-state index < -0.39 is 0 Å². The zero-order valence-electron chi connectivity index (χ0n) is 25.3. The van der Waals surface area contributed by atoms with E-state index in [4.69, 9.17) is 19.4 Å². The minimum absolute atomic E-state index is 0.635. The summed E-state index contributed by atoms with van der Waals surface area (Å²) in [6.45, 7) is 0. The van der Waals surface area contributed by atoms with Gasteiger partial charge in [-0.05, 0) is 58.0 Å². The van der Waals surface area contributed by atoms with Crippen LogP contribution in [-0.2, 0) is 0 Å². The summed E-state index contributed by atoms with van der Waals surface area (Å²) in [6, 6.07) is 56.4. The van der Waals surface area contributed by atoms with E-state index in [1.807, 2.05) is 48.5 Å². The highest BCUT2D eigenvalue weighted by Gasteiger charge is 2.14. The predicted molar refractivity (Wildman–Crippen MR) is 192 cm³/mol. The smallest absolute Gasteiger partial charge is 0.164 e. The van der Waals surface area contributed by atoms with Gasteiger partial charge in [-0.25, -0.2) is 15.0 Å². The van der Waals surface area contributed by atoms with E-state index in [1.165, 1.54) is 0 Å². The highest BCUT2D eigenvalue weighted by molar-refractivity contribution is 6.15. The first kappa shape index (κ1) is 27.0. The summed E-state index contributed by atoms with van der Waals surface area (Å²) in [6.07, 6.45) is 0. The van der Waals surface area contributed by atoms with Crippen molar-refractivity contribution in [2.75, 3.05) is 0 Å². The van der Waals surface area contributed by atoms with Crippen molar-refractivity contribution in [2.45, 2.75) is 0 Å². The molecule has 220 valence electrons. The Balaban J connectivity index is 1.10. The zero-order chi connectivity index (χ0) is 31.2. The maximum absolute atomic E-state index is 6.27. The molecule has 0 saturated heterocycles. The molecule has 0 spiro atoms. The molecule has 0 aliphatic carbocycles. The lowest BCUT2D eigenvalue weighted by Gasteiger charge is -2.10. The van der Waals surface area contributed by atoms with Crippen LogP contribution in [0.2, 0.25) is 0 Å². The van der Waals surface area contributed by atoms with Crippen LogP contribution >= 0.6 is 0 Å². The first-order valence-electron chi connectivity index (χ1n) is 15.7. The van der Waals surface area contributed by atoms with Crippen molar-refractivity contribution < 1.29 is 4.42 Å². The van der Waals surface area contributed by atoms with Crippen molar-refractivity contribution in [3.05, 3.63) is 164 Å². The van der Waals surface area contributed by atoms with E-state index >= 15 is 0 Å². The average Bonchev–Trinajstić information content (AvgIpc) is 3.54. The van der Waals surface area contributed by atoms with Gasteiger partial charge in [-0.1, -0.05) is 133 Å². The number of furan rings is 1. The van der Waals surface area contributed by atoms with Crippen LogP contribution in [0.5, 0.6) is 0 Å². The van der Waals surface area contributed by atoms with E-state index in [0.717, 1.165) is 71.7 Å². The fourth-order valence-corrected chi connectivity index (χ4v) is 6.32. The largest absolute Gasteiger partial charge is 0.455 e. The van der Waals surface area contributed by atoms with Crippen molar-refractivity contribution in [3.63, 3.8) is 0 Å². The minimum Gasteiger partial charge on any atom is -0.455 e. The predicted octanol–water partition coefficient (Wildman–Crippen LogP) is 11.3. The van der Waals surface area contributed by atoms with Crippen molar-refractivity contribution >= 4 is 32.7 Å². The Kier molecular flexibility index (Phi) is 6.43. The summed E-state index contributed by atoms with van der Waals surface area (Å²) in [5.41, 5.74) is 9.19. The number of fused-ring (bicyclic) bond motifs is 5. The van der Waals surface area contributed by atoms with Crippen LogP contribution in [0, 0.1) is 0 Å². The van der Waals surface area contributed by atoms with Crippen LogP contribution in [0.25, 0.3) is 89.1 Å². The summed E-state index contributed by atoms with van der Waals surface area (Å²) in [4.78, 5) is 14.9. The van der Waals surface area contributed by atoms with Gasteiger partial charge in [0.1, 0.15) is 11.2 Å². The van der Waals surface area contributed by atoms with Gasteiger partial charge in [0.15, 0.2) is 17.5 Å². The van der Waals surface area contributed by atoms with Gasteiger partial charge in [-0.3, -0.25) is 0 Å². The van der Waals surface area contributed by atoms with E-state index in [1.54, 1.807) is 0 Å². The number of aromatic nitrogens is 3. The third-order valence-corrected chi connectivity index (χ3v) is 8.73. The highest BCUT2D eigenvalue weighted by Crippen LogP contribution is 2.36. The normalized spacial score (nSPS) is 11.4. The number of benzene rings is 7. The molecule has 0 aliphatic heterocycles. The summed E-state index contributed by atoms with van der Waals surface area (Å²) < 4.78 is 6.27. The number of hydrogen-bond donors (Lipinski definition) is 0. The van der Waals surface area contributed by atoms with Crippen LogP contribution in [0.4, 0.5) is 0 Å². The molecular weight excluding hydrogens is 574 g/mol. The number of hydrogen-bond acceptors (Lipinski definition) is 4. The standard InChI is InChI=1S/C43H27N3O/c1-3-10-28(11-4-1)32-14-9-15-35(27-32)43-45-41(30-12-5-2-6-13-30)44-42(46-43)31-20-18-29(19-21-31)33-22-24-36-34(26-33)23-25-38-37-16-7-8-17-39(37)47-40(36)38/h1-27H. The van der Waals surface area contributed by atoms with Crippen molar-refractivity contribution in [1.29, 1.82) is 0 Å². The van der Waals surface area contributed by atoms with E-state index in [-0.39, 0.29) is 0 Å². The second-order valence-corrected chi connectivity index (χ2v) is 11.7. The van der Waals surface area contributed by atoms with Crippen LogP contribution in [-0.4, -0.2) is 15.0 Å². The molecule has 0 aliphatic rings. The topological polar surface area (TPSA) is 51.8 Å².